The van der Waals surface area contributed by atoms with Crippen LogP contribution in [0, 0.1) is 0 Å². The molecule has 3 N–H and O–H groups in total. The fourth-order valence-electron chi connectivity index (χ4n) is 2.11. The Morgan fingerprint density at radius 1 is 1.40 bits per heavy atom. The van der Waals surface area contributed by atoms with E-state index in [1.54, 1.807) is 30.3 Å². The minimum Gasteiger partial charge on any atom is -0.479 e. The monoisotopic (exact) mass is 278 g/mol. The molecule has 2 rings (SSSR count). The highest BCUT2D eigenvalue weighted by Gasteiger charge is 2.24. The van der Waals surface area contributed by atoms with Crippen LogP contribution < -0.4 is 10.6 Å². The van der Waals surface area contributed by atoms with E-state index in [1.165, 1.54) is 0 Å². The van der Waals surface area contributed by atoms with Gasteiger partial charge in [0, 0.05) is 13.1 Å². The molecule has 0 saturated carbocycles. The predicted octanol–water partition coefficient (Wildman–Crippen LogP) is 0.307. The van der Waals surface area contributed by atoms with Gasteiger partial charge in [-0.1, -0.05) is 30.3 Å². The van der Waals surface area contributed by atoms with Crippen LogP contribution >= 0.6 is 0 Å². The van der Waals surface area contributed by atoms with Crippen LogP contribution in [0.5, 0.6) is 0 Å². The average molecular weight is 278 g/mol. The number of aliphatic carboxylic acids is 1. The van der Waals surface area contributed by atoms with Crippen molar-refractivity contribution in [1.29, 1.82) is 0 Å². The Kier molecular flexibility index (Phi) is 5.09. The van der Waals surface area contributed by atoms with Crippen molar-refractivity contribution in [3.63, 3.8) is 0 Å². The Morgan fingerprint density at radius 2 is 2.15 bits per heavy atom. The molecule has 6 nitrogen and oxygen atoms in total. The molecule has 2 atom stereocenters. The van der Waals surface area contributed by atoms with Crippen molar-refractivity contribution in [2.24, 2.45) is 0 Å². The zero-order valence-corrected chi connectivity index (χ0v) is 11.0. The molecule has 0 aliphatic carbocycles. The maximum absolute atomic E-state index is 11.9. The van der Waals surface area contributed by atoms with Crippen LogP contribution in [-0.4, -0.2) is 42.8 Å². The number of carboxylic acid groups (broad SMARTS) is 1. The number of nitrogens with one attached hydrogen (secondary N) is 2. The molecule has 1 fully saturated rings. The molecule has 1 aromatic carbocycles. The van der Waals surface area contributed by atoms with Gasteiger partial charge in [0.25, 0.3) is 0 Å². The summed E-state index contributed by atoms with van der Waals surface area (Å²) >= 11 is 0. The number of morpholine rings is 1. The Hall–Kier alpha value is -1.92. The molecule has 0 spiro atoms. The van der Waals surface area contributed by atoms with Crippen LogP contribution in [0.15, 0.2) is 30.3 Å². The number of carbonyl (C=O) groups is 2. The summed E-state index contributed by atoms with van der Waals surface area (Å²) in [5.41, 5.74) is 0.552. The van der Waals surface area contributed by atoms with Gasteiger partial charge in [0.1, 0.15) is 0 Å². The number of benzene rings is 1. The quantitative estimate of drug-likeness (QED) is 0.721. The SMILES string of the molecule is O=C(CC1CNCCO1)N[C@@H](C(=O)O)c1ccccc1. The average Bonchev–Trinajstić information content (AvgIpc) is 2.46. The van der Waals surface area contributed by atoms with Crippen LogP contribution in [0.4, 0.5) is 0 Å². The van der Waals surface area contributed by atoms with E-state index in [9.17, 15) is 14.7 Å². The highest BCUT2D eigenvalue weighted by atomic mass is 16.5. The van der Waals surface area contributed by atoms with Gasteiger partial charge in [-0.15, -0.1) is 0 Å². The maximum atomic E-state index is 11.9. The van der Waals surface area contributed by atoms with E-state index in [0.717, 1.165) is 6.54 Å². The lowest BCUT2D eigenvalue weighted by molar-refractivity contribution is -0.142. The molecule has 0 bridgehead atoms. The van der Waals surface area contributed by atoms with Crippen LogP contribution in [-0.2, 0) is 14.3 Å². The third kappa shape index (κ3) is 4.04. The Bertz CT molecular complexity index is 458. The predicted molar refractivity (Wildman–Crippen MR) is 72.2 cm³/mol. The van der Waals surface area contributed by atoms with Crippen molar-refractivity contribution < 1.29 is 19.4 Å². The standard InChI is InChI=1S/C14H18N2O4/c17-12(8-11-9-15-6-7-20-11)16-13(14(18)19)10-4-2-1-3-5-10/h1-5,11,13,15H,6-9H2,(H,16,17)(H,18,19)/t11?,13-/m1/s1. The molecule has 1 aromatic rings. The van der Waals surface area contributed by atoms with Crippen molar-refractivity contribution in [3.05, 3.63) is 35.9 Å². The van der Waals surface area contributed by atoms with Crippen molar-refractivity contribution in [2.45, 2.75) is 18.6 Å². The molecule has 1 heterocycles. The maximum Gasteiger partial charge on any atom is 0.330 e. The fraction of sp³-hybridized carbons (Fsp3) is 0.429. The molecule has 0 aromatic heterocycles. The minimum atomic E-state index is -1.08. The molecule has 1 saturated heterocycles. The molecule has 0 radical (unpaired) electrons. The first-order valence-corrected chi connectivity index (χ1v) is 6.56. The van der Waals surface area contributed by atoms with Crippen molar-refractivity contribution >= 4 is 11.9 Å². The van der Waals surface area contributed by atoms with Crippen LogP contribution in [0.3, 0.4) is 0 Å². The molecule has 1 unspecified atom stereocenters. The summed E-state index contributed by atoms with van der Waals surface area (Å²) < 4.78 is 5.43. The second-order valence-electron chi connectivity index (χ2n) is 4.65. The molecule has 1 amide bonds. The van der Waals surface area contributed by atoms with Crippen LogP contribution in [0.2, 0.25) is 0 Å². The number of amides is 1. The summed E-state index contributed by atoms with van der Waals surface area (Å²) in [5, 5.41) is 14.9. The third-order valence-electron chi connectivity index (χ3n) is 3.10. The van der Waals surface area contributed by atoms with Crippen molar-refractivity contribution in [1.82, 2.24) is 10.6 Å². The van der Waals surface area contributed by atoms with E-state index < -0.39 is 12.0 Å². The summed E-state index contributed by atoms with van der Waals surface area (Å²) in [7, 11) is 0. The molecule has 1 aliphatic heterocycles. The highest BCUT2D eigenvalue weighted by molar-refractivity contribution is 5.84. The van der Waals surface area contributed by atoms with Gasteiger partial charge in [-0.05, 0) is 5.56 Å². The summed E-state index contributed by atoms with van der Waals surface area (Å²) in [6.07, 6.45) is -0.0437. The zero-order valence-electron chi connectivity index (χ0n) is 11.0. The van der Waals surface area contributed by atoms with Gasteiger partial charge in [0.15, 0.2) is 6.04 Å². The van der Waals surface area contributed by atoms with Crippen molar-refractivity contribution in [2.75, 3.05) is 19.7 Å². The Balaban J connectivity index is 1.94. The first-order valence-electron chi connectivity index (χ1n) is 6.56. The van der Waals surface area contributed by atoms with Gasteiger partial charge < -0.3 is 20.5 Å². The van der Waals surface area contributed by atoms with Crippen LogP contribution in [0.1, 0.15) is 18.0 Å². The highest BCUT2D eigenvalue weighted by Crippen LogP contribution is 2.13. The van der Waals surface area contributed by atoms with Crippen LogP contribution in [0.25, 0.3) is 0 Å². The number of hydrogen-bond acceptors (Lipinski definition) is 4. The van der Waals surface area contributed by atoms with Gasteiger partial charge in [0.2, 0.25) is 5.91 Å². The van der Waals surface area contributed by atoms with Gasteiger partial charge in [-0.25, -0.2) is 4.79 Å². The molecular weight excluding hydrogens is 260 g/mol. The van der Waals surface area contributed by atoms with Gasteiger partial charge in [-0.3, -0.25) is 4.79 Å². The summed E-state index contributed by atoms with van der Waals surface area (Å²) in [5.74, 6) is -1.40. The fourth-order valence-corrected chi connectivity index (χ4v) is 2.11. The Labute approximate surface area is 117 Å². The molecule has 6 heteroatoms. The molecule has 20 heavy (non-hydrogen) atoms. The number of hydrogen-bond donors (Lipinski definition) is 3. The van der Waals surface area contributed by atoms with E-state index in [-0.39, 0.29) is 18.4 Å². The lowest BCUT2D eigenvalue weighted by Gasteiger charge is -2.24. The Morgan fingerprint density at radius 3 is 2.75 bits per heavy atom. The normalized spacial score (nSPS) is 20.1. The largest absolute Gasteiger partial charge is 0.479 e. The molecule has 108 valence electrons. The van der Waals surface area contributed by atoms with Crippen molar-refractivity contribution in [3.8, 4) is 0 Å². The lowest BCUT2D eigenvalue weighted by atomic mass is 10.1. The smallest absolute Gasteiger partial charge is 0.330 e. The van der Waals surface area contributed by atoms with Gasteiger partial charge >= 0.3 is 5.97 Å². The third-order valence-corrected chi connectivity index (χ3v) is 3.10. The van der Waals surface area contributed by atoms with E-state index in [1.807, 2.05) is 0 Å². The number of carbonyl (C=O) groups excluding carboxylic acids is 1. The van der Waals surface area contributed by atoms with E-state index in [4.69, 9.17) is 4.74 Å². The summed E-state index contributed by atoms with van der Waals surface area (Å²) in [6, 6.07) is 7.61. The van der Waals surface area contributed by atoms with Gasteiger partial charge in [0.05, 0.1) is 19.1 Å². The minimum absolute atomic E-state index is 0.156. The zero-order chi connectivity index (χ0) is 14.4. The molecular formula is C14H18N2O4. The lowest BCUT2D eigenvalue weighted by Crippen LogP contribution is -2.42. The first-order chi connectivity index (χ1) is 9.66. The summed E-state index contributed by atoms with van der Waals surface area (Å²) in [6.45, 7) is 1.95. The van der Waals surface area contributed by atoms with E-state index in [2.05, 4.69) is 10.6 Å². The number of carboxylic acids is 1. The number of ether oxygens (including phenoxy) is 1. The van der Waals surface area contributed by atoms with E-state index >= 15 is 0 Å². The first kappa shape index (κ1) is 14.5. The second kappa shape index (κ2) is 7.02. The second-order valence-corrected chi connectivity index (χ2v) is 4.65. The van der Waals surface area contributed by atoms with Gasteiger partial charge in [-0.2, -0.15) is 0 Å². The molecule has 1 aliphatic rings. The number of rotatable bonds is 5. The summed E-state index contributed by atoms with van der Waals surface area (Å²) in [4.78, 5) is 23.2. The van der Waals surface area contributed by atoms with E-state index in [0.29, 0.717) is 18.7 Å². The topological polar surface area (TPSA) is 87.7 Å².